The lowest BCUT2D eigenvalue weighted by Gasteiger charge is -2.15. The molecule has 0 atom stereocenters. The molecule has 32 heavy (non-hydrogen) atoms. The van der Waals surface area contributed by atoms with Crippen molar-refractivity contribution in [1.82, 2.24) is 20.2 Å². The average molecular weight is 444 g/mol. The molecule has 8 heteroatoms. The summed E-state index contributed by atoms with van der Waals surface area (Å²) in [4.78, 5) is 30.2. The Morgan fingerprint density at radius 2 is 1.56 bits per heavy atom. The van der Waals surface area contributed by atoms with Gasteiger partial charge in [-0.2, -0.15) is 15.2 Å². The first-order chi connectivity index (χ1) is 15.5. The number of nitrogens with one attached hydrogen (secondary N) is 1. The maximum Gasteiger partial charge on any atom is 0.281 e. The number of carbonyl (C=O) groups is 2. The molecule has 2 aromatic carbocycles. The third kappa shape index (κ3) is 4.63. The monoisotopic (exact) mass is 443 g/mol. The number of benzene rings is 2. The van der Waals surface area contributed by atoms with Crippen LogP contribution in [0.2, 0.25) is 5.02 Å². The van der Waals surface area contributed by atoms with E-state index in [1.165, 1.54) is 30.7 Å². The van der Waals surface area contributed by atoms with Gasteiger partial charge in [-0.15, -0.1) is 0 Å². The number of hydrogen-bond acceptors (Lipinski definition) is 5. The normalized spacial score (nSPS) is 10.9. The van der Waals surface area contributed by atoms with E-state index in [1.54, 1.807) is 42.6 Å². The van der Waals surface area contributed by atoms with Crippen LogP contribution in [-0.2, 0) is 0 Å². The van der Waals surface area contributed by atoms with Crippen molar-refractivity contribution < 1.29 is 9.59 Å². The van der Waals surface area contributed by atoms with Crippen LogP contribution in [0.3, 0.4) is 0 Å². The molecule has 0 fully saturated rings. The molecule has 158 valence electrons. The Bertz CT molecular complexity index is 1270. The zero-order valence-electron chi connectivity index (χ0n) is 17.1. The molecule has 2 heterocycles. The number of carbonyl (C=O) groups excluding carboxylic acids is 2. The molecule has 2 amide bonds. The number of halogens is 1. The van der Waals surface area contributed by atoms with E-state index in [1.807, 2.05) is 19.1 Å². The fraction of sp³-hybridized carbons (Fsp3) is 0.0417. The Hall–Kier alpha value is -4.10. The molecule has 0 saturated heterocycles. The zero-order chi connectivity index (χ0) is 22.5. The van der Waals surface area contributed by atoms with Gasteiger partial charge in [0.25, 0.3) is 11.8 Å². The number of hydrazone groups is 1. The van der Waals surface area contributed by atoms with Gasteiger partial charge in [-0.1, -0.05) is 41.4 Å². The minimum atomic E-state index is -0.564. The van der Waals surface area contributed by atoms with Gasteiger partial charge in [0, 0.05) is 39.7 Å². The molecule has 4 aromatic rings. The van der Waals surface area contributed by atoms with Gasteiger partial charge < -0.3 is 0 Å². The van der Waals surface area contributed by atoms with Gasteiger partial charge in [-0.05, 0) is 43.3 Å². The van der Waals surface area contributed by atoms with Crippen LogP contribution in [0.1, 0.15) is 31.8 Å². The molecule has 0 bridgehead atoms. The molecule has 0 spiro atoms. The molecule has 0 aliphatic rings. The van der Waals surface area contributed by atoms with Crippen LogP contribution in [-0.4, -0.2) is 38.2 Å². The summed E-state index contributed by atoms with van der Waals surface area (Å²) in [6.07, 6.45) is 5.97. The third-order valence-electron chi connectivity index (χ3n) is 4.72. The number of pyridine rings is 1. The lowest BCUT2D eigenvalue weighted by Crippen LogP contribution is -2.32. The molecule has 0 unspecified atom stereocenters. The van der Waals surface area contributed by atoms with Crippen molar-refractivity contribution in [2.24, 2.45) is 5.10 Å². The molecule has 0 radical (unpaired) electrons. The third-order valence-corrected chi connectivity index (χ3v) is 4.98. The second-order valence-electron chi connectivity index (χ2n) is 6.98. The summed E-state index contributed by atoms with van der Waals surface area (Å²) in [5, 5.41) is 12.7. The smallest absolute Gasteiger partial charge is 0.277 e. The zero-order valence-corrected chi connectivity index (χ0v) is 17.8. The average Bonchev–Trinajstić information content (AvgIpc) is 3.29. The predicted octanol–water partition coefficient (Wildman–Crippen LogP) is 4.75. The van der Waals surface area contributed by atoms with Crippen molar-refractivity contribution in [2.75, 3.05) is 0 Å². The highest BCUT2D eigenvalue weighted by Gasteiger charge is 2.24. The summed E-state index contributed by atoms with van der Waals surface area (Å²) < 4.78 is 0. The summed E-state index contributed by atoms with van der Waals surface area (Å²) in [5.41, 5.74) is 3.78. The van der Waals surface area contributed by atoms with Gasteiger partial charge in [0.15, 0.2) is 0 Å². The van der Waals surface area contributed by atoms with Gasteiger partial charge in [0.05, 0.1) is 18.1 Å². The van der Waals surface area contributed by atoms with Crippen molar-refractivity contribution >= 4 is 29.6 Å². The molecule has 0 saturated carbocycles. The van der Waals surface area contributed by atoms with E-state index in [9.17, 15) is 9.59 Å². The van der Waals surface area contributed by atoms with E-state index in [0.29, 0.717) is 27.4 Å². The molecular formula is C24H18ClN5O2. The Morgan fingerprint density at radius 3 is 2.22 bits per heavy atom. The fourth-order valence-electron chi connectivity index (χ4n) is 2.99. The number of H-pyrrole nitrogens is 1. The molecular weight excluding hydrogens is 426 g/mol. The van der Waals surface area contributed by atoms with E-state index >= 15 is 0 Å². The van der Waals surface area contributed by atoms with E-state index in [4.69, 9.17) is 11.6 Å². The second kappa shape index (κ2) is 9.36. The summed E-state index contributed by atoms with van der Waals surface area (Å²) >= 11 is 5.97. The van der Waals surface area contributed by atoms with Crippen molar-refractivity contribution in [2.45, 2.75) is 6.92 Å². The van der Waals surface area contributed by atoms with Gasteiger partial charge in [0.2, 0.25) is 0 Å². The van der Waals surface area contributed by atoms with Crippen LogP contribution >= 0.6 is 11.6 Å². The van der Waals surface area contributed by atoms with E-state index in [-0.39, 0.29) is 0 Å². The molecule has 7 nitrogen and oxygen atoms in total. The van der Waals surface area contributed by atoms with Crippen LogP contribution in [0.4, 0.5) is 0 Å². The SMILES string of the molecule is Cc1ccc(C(=O)N(N=Cc2cn[nH]c2-c2ccc(Cl)cc2)C(=O)c2ccncc2)cc1. The molecule has 4 rings (SSSR count). The fourth-order valence-corrected chi connectivity index (χ4v) is 3.12. The first kappa shape index (κ1) is 21.1. The predicted molar refractivity (Wildman–Crippen MR) is 123 cm³/mol. The summed E-state index contributed by atoms with van der Waals surface area (Å²) in [6.45, 7) is 1.92. The van der Waals surface area contributed by atoms with E-state index < -0.39 is 11.8 Å². The van der Waals surface area contributed by atoms with Crippen molar-refractivity contribution in [3.05, 3.63) is 107 Å². The number of hydrogen-bond donors (Lipinski definition) is 1. The van der Waals surface area contributed by atoms with Crippen LogP contribution in [0.5, 0.6) is 0 Å². The first-order valence-corrected chi connectivity index (χ1v) is 10.1. The highest BCUT2D eigenvalue weighted by atomic mass is 35.5. The Kier molecular flexibility index (Phi) is 6.19. The largest absolute Gasteiger partial charge is 0.281 e. The number of aromatic nitrogens is 3. The highest BCUT2D eigenvalue weighted by Crippen LogP contribution is 2.22. The van der Waals surface area contributed by atoms with Crippen LogP contribution in [0.15, 0.2) is 84.4 Å². The maximum atomic E-state index is 13.2. The minimum Gasteiger partial charge on any atom is -0.277 e. The summed E-state index contributed by atoms with van der Waals surface area (Å²) in [5.74, 6) is -1.11. The highest BCUT2D eigenvalue weighted by molar-refractivity contribution is 6.30. The van der Waals surface area contributed by atoms with Crippen molar-refractivity contribution in [3.8, 4) is 11.3 Å². The molecule has 1 N–H and O–H groups in total. The van der Waals surface area contributed by atoms with Gasteiger partial charge in [-0.3, -0.25) is 19.7 Å². The number of aryl methyl sites for hydroxylation is 1. The Labute approximate surface area is 189 Å². The van der Waals surface area contributed by atoms with Crippen molar-refractivity contribution in [1.29, 1.82) is 0 Å². The number of imide groups is 1. The standard InChI is InChI=1S/C24H18ClN5O2/c1-16-2-4-18(5-3-16)23(31)30(24(32)19-10-12-26-13-11-19)28-15-20-14-27-29-22(20)17-6-8-21(25)9-7-17/h2-15H,1H3,(H,27,29). The Balaban J connectivity index is 1.70. The molecule has 2 aromatic heterocycles. The topological polar surface area (TPSA) is 91.3 Å². The number of aromatic amines is 1. The quantitative estimate of drug-likeness (QED) is 0.274. The number of rotatable bonds is 5. The number of nitrogens with zero attached hydrogens (tertiary/aromatic N) is 4. The summed E-state index contributed by atoms with van der Waals surface area (Å²) in [7, 11) is 0. The van der Waals surface area contributed by atoms with Gasteiger partial charge in [-0.25, -0.2) is 0 Å². The lowest BCUT2D eigenvalue weighted by molar-refractivity contribution is 0.0622. The first-order valence-electron chi connectivity index (χ1n) is 9.71. The molecule has 0 aliphatic heterocycles. The van der Waals surface area contributed by atoms with Crippen LogP contribution in [0.25, 0.3) is 11.3 Å². The maximum absolute atomic E-state index is 13.2. The molecule has 0 aliphatic carbocycles. The van der Waals surface area contributed by atoms with Gasteiger partial charge in [0.1, 0.15) is 0 Å². The van der Waals surface area contributed by atoms with E-state index in [2.05, 4.69) is 20.3 Å². The van der Waals surface area contributed by atoms with E-state index in [0.717, 1.165) is 16.1 Å². The second-order valence-corrected chi connectivity index (χ2v) is 7.41. The number of amides is 2. The van der Waals surface area contributed by atoms with Crippen LogP contribution < -0.4 is 0 Å². The van der Waals surface area contributed by atoms with Gasteiger partial charge >= 0.3 is 0 Å². The minimum absolute atomic E-state index is 0.294. The van der Waals surface area contributed by atoms with Crippen LogP contribution in [0, 0.1) is 6.92 Å². The lowest BCUT2D eigenvalue weighted by atomic mass is 10.1. The Morgan fingerprint density at radius 1 is 0.938 bits per heavy atom. The van der Waals surface area contributed by atoms with Crippen molar-refractivity contribution in [3.63, 3.8) is 0 Å². The summed E-state index contributed by atoms with van der Waals surface area (Å²) in [6, 6.07) is 17.2.